The van der Waals surface area contributed by atoms with Crippen LogP contribution in [-0.4, -0.2) is 42.7 Å². The van der Waals surface area contributed by atoms with Gasteiger partial charge in [0.25, 0.3) is 0 Å². The minimum Gasteiger partial charge on any atom is -0.494 e. The summed E-state index contributed by atoms with van der Waals surface area (Å²) in [6.45, 7) is 6.51. The van der Waals surface area contributed by atoms with E-state index in [-0.39, 0.29) is 6.04 Å². The largest absolute Gasteiger partial charge is 0.494 e. The van der Waals surface area contributed by atoms with E-state index in [1.54, 1.807) is 0 Å². The van der Waals surface area contributed by atoms with E-state index in [0.717, 1.165) is 37.5 Å². The van der Waals surface area contributed by atoms with Crippen LogP contribution in [0, 0.1) is 0 Å². The van der Waals surface area contributed by atoms with Gasteiger partial charge in [-0.25, -0.2) is 0 Å². The Morgan fingerprint density at radius 3 is 2.84 bits per heavy atom. The Balaban J connectivity index is 2.22. The topological polar surface area (TPSA) is 50.5 Å². The maximum Gasteiger partial charge on any atom is 0.119 e. The van der Waals surface area contributed by atoms with Crippen molar-refractivity contribution < 1.29 is 4.74 Å². The highest BCUT2D eigenvalue weighted by atomic mass is 32.1. The normalized spacial score (nSPS) is 17.9. The molecule has 0 saturated carbocycles. The number of rotatable bonds is 5. The van der Waals surface area contributed by atoms with Gasteiger partial charge in [0.1, 0.15) is 5.75 Å². The number of nitrogens with one attached hydrogen (secondary N) is 1. The van der Waals surface area contributed by atoms with Crippen molar-refractivity contribution in [3.8, 4) is 5.75 Å². The van der Waals surface area contributed by atoms with Crippen LogP contribution in [0.25, 0.3) is 0 Å². The SMILES string of the molecule is CCOc1cccc(C(C(N)=S)N2CCNCC2)c1. The third kappa shape index (κ3) is 3.65. The summed E-state index contributed by atoms with van der Waals surface area (Å²) in [4.78, 5) is 2.85. The van der Waals surface area contributed by atoms with Crippen molar-refractivity contribution in [2.45, 2.75) is 13.0 Å². The first-order chi connectivity index (χ1) is 9.22. The molecule has 0 aromatic heterocycles. The number of piperazine rings is 1. The lowest BCUT2D eigenvalue weighted by Gasteiger charge is -2.34. The van der Waals surface area contributed by atoms with Crippen LogP contribution in [0.5, 0.6) is 5.75 Å². The molecule has 1 heterocycles. The Morgan fingerprint density at radius 1 is 1.47 bits per heavy atom. The number of benzene rings is 1. The number of hydrogen-bond donors (Lipinski definition) is 2. The predicted molar refractivity (Wildman–Crippen MR) is 81.6 cm³/mol. The molecule has 1 aliphatic heterocycles. The second-order valence-electron chi connectivity index (χ2n) is 4.60. The Bertz CT molecular complexity index is 432. The zero-order chi connectivity index (χ0) is 13.7. The molecule has 3 N–H and O–H groups in total. The molecule has 2 rings (SSSR count). The van der Waals surface area contributed by atoms with Crippen LogP contribution in [0.2, 0.25) is 0 Å². The van der Waals surface area contributed by atoms with Crippen LogP contribution < -0.4 is 15.8 Å². The van der Waals surface area contributed by atoms with Gasteiger partial charge >= 0.3 is 0 Å². The van der Waals surface area contributed by atoms with E-state index in [4.69, 9.17) is 22.7 Å². The maximum absolute atomic E-state index is 5.95. The molecular weight excluding hydrogens is 258 g/mol. The van der Waals surface area contributed by atoms with Gasteiger partial charge in [-0.2, -0.15) is 0 Å². The molecule has 104 valence electrons. The first-order valence-corrected chi connectivity index (χ1v) is 7.10. The van der Waals surface area contributed by atoms with Gasteiger partial charge in [-0.05, 0) is 24.6 Å². The summed E-state index contributed by atoms with van der Waals surface area (Å²) in [6, 6.07) is 8.05. The molecule has 1 atom stereocenters. The van der Waals surface area contributed by atoms with E-state index >= 15 is 0 Å². The number of nitrogens with zero attached hydrogens (tertiary/aromatic N) is 1. The van der Waals surface area contributed by atoms with Crippen LogP contribution in [0.3, 0.4) is 0 Å². The monoisotopic (exact) mass is 279 g/mol. The highest BCUT2D eigenvalue weighted by molar-refractivity contribution is 7.80. The van der Waals surface area contributed by atoms with Gasteiger partial charge in [0, 0.05) is 26.2 Å². The molecular formula is C14H21N3OS. The summed E-state index contributed by atoms with van der Waals surface area (Å²) in [5, 5.41) is 3.34. The number of nitrogens with two attached hydrogens (primary N) is 1. The summed E-state index contributed by atoms with van der Waals surface area (Å²) in [6.07, 6.45) is 0. The molecule has 0 aliphatic carbocycles. The quantitative estimate of drug-likeness (QED) is 0.796. The van der Waals surface area contributed by atoms with Crippen LogP contribution in [0.15, 0.2) is 24.3 Å². The van der Waals surface area contributed by atoms with Crippen molar-refractivity contribution in [1.29, 1.82) is 0 Å². The predicted octanol–water partition coefficient (Wildman–Crippen LogP) is 1.32. The fourth-order valence-corrected chi connectivity index (χ4v) is 2.72. The van der Waals surface area contributed by atoms with Crippen molar-refractivity contribution >= 4 is 17.2 Å². The van der Waals surface area contributed by atoms with Crippen LogP contribution in [0.4, 0.5) is 0 Å². The molecule has 1 aliphatic rings. The fraction of sp³-hybridized carbons (Fsp3) is 0.500. The average Bonchev–Trinajstić information content (AvgIpc) is 2.40. The highest BCUT2D eigenvalue weighted by Gasteiger charge is 2.24. The van der Waals surface area contributed by atoms with E-state index in [0.29, 0.717) is 11.6 Å². The van der Waals surface area contributed by atoms with E-state index in [2.05, 4.69) is 16.3 Å². The van der Waals surface area contributed by atoms with Crippen molar-refractivity contribution in [1.82, 2.24) is 10.2 Å². The van der Waals surface area contributed by atoms with Gasteiger partial charge < -0.3 is 15.8 Å². The molecule has 0 radical (unpaired) electrons. The minimum absolute atomic E-state index is 0.00231. The molecule has 0 amide bonds. The lowest BCUT2D eigenvalue weighted by atomic mass is 10.0. The summed E-state index contributed by atoms with van der Waals surface area (Å²) in [5.74, 6) is 0.872. The summed E-state index contributed by atoms with van der Waals surface area (Å²) in [5.41, 5.74) is 7.06. The van der Waals surface area contributed by atoms with Gasteiger partial charge in [-0.1, -0.05) is 24.4 Å². The molecule has 1 fully saturated rings. The zero-order valence-electron chi connectivity index (χ0n) is 11.3. The number of thiocarbonyl (C=S) groups is 1. The molecule has 1 saturated heterocycles. The first kappa shape index (κ1) is 14.2. The lowest BCUT2D eigenvalue weighted by Crippen LogP contribution is -2.48. The molecule has 1 aromatic carbocycles. The third-order valence-corrected chi connectivity index (χ3v) is 3.49. The van der Waals surface area contributed by atoms with E-state index in [9.17, 15) is 0 Å². The van der Waals surface area contributed by atoms with Crippen molar-refractivity contribution in [2.75, 3.05) is 32.8 Å². The average molecular weight is 279 g/mol. The van der Waals surface area contributed by atoms with E-state index in [1.807, 2.05) is 25.1 Å². The van der Waals surface area contributed by atoms with Crippen LogP contribution in [0.1, 0.15) is 18.5 Å². The van der Waals surface area contributed by atoms with Crippen molar-refractivity contribution in [3.63, 3.8) is 0 Å². The summed E-state index contributed by atoms with van der Waals surface area (Å²) in [7, 11) is 0. The number of hydrogen-bond acceptors (Lipinski definition) is 4. The van der Waals surface area contributed by atoms with Gasteiger partial charge in [-0.15, -0.1) is 0 Å². The summed E-state index contributed by atoms with van der Waals surface area (Å²) >= 11 is 5.26. The van der Waals surface area contributed by atoms with Crippen LogP contribution in [-0.2, 0) is 0 Å². The summed E-state index contributed by atoms with van der Waals surface area (Å²) < 4.78 is 5.55. The Morgan fingerprint density at radius 2 is 2.21 bits per heavy atom. The lowest BCUT2D eigenvalue weighted by molar-refractivity contribution is 0.214. The standard InChI is InChI=1S/C14H21N3OS/c1-2-18-12-5-3-4-11(10-12)13(14(15)19)17-8-6-16-7-9-17/h3-5,10,13,16H,2,6-9H2,1H3,(H2,15,19). The minimum atomic E-state index is -0.00231. The highest BCUT2D eigenvalue weighted by Crippen LogP contribution is 2.25. The fourth-order valence-electron chi connectivity index (χ4n) is 2.44. The third-order valence-electron chi connectivity index (χ3n) is 3.27. The van der Waals surface area contributed by atoms with Gasteiger partial charge in [0.15, 0.2) is 0 Å². The van der Waals surface area contributed by atoms with Crippen molar-refractivity contribution in [3.05, 3.63) is 29.8 Å². The molecule has 4 nitrogen and oxygen atoms in total. The van der Waals surface area contributed by atoms with Crippen LogP contribution >= 0.6 is 12.2 Å². The molecule has 1 unspecified atom stereocenters. The van der Waals surface area contributed by atoms with E-state index < -0.39 is 0 Å². The number of ether oxygens (including phenoxy) is 1. The molecule has 0 bridgehead atoms. The molecule has 0 spiro atoms. The Kier molecular flexibility index (Phi) is 5.13. The second kappa shape index (κ2) is 6.84. The van der Waals surface area contributed by atoms with Gasteiger partial charge in [-0.3, -0.25) is 4.90 Å². The van der Waals surface area contributed by atoms with Gasteiger partial charge in [0.2, 0.25) is 0 Å². The molecule has 19 heavy (non-hydrogen) atoms. The Hall–Kier alpha value is -1.17. The van der Waals surface area contributed by atoms with E-state index in [1.165, 1.54) is 0 Å². The van der Waals surface area contributed by atoms with Crippen molar-refractivity contribution in [2.24, 2.45) is 5.73 Å². The molecule has 5 heteroatoms. The van der Waals surface area contributed by atoms with Gasteiger partial charge in [0.05, 0.1) is 17.6 Å². The molecule has 1 aromatic rings. The maximum atomic E-state index is 5.95. The first-order valence-electron chi connectivity index (χ1n) is 6.69. The zero-order valence-corrected chi connectivity index (χ0v) is 12.1. The second-order valence-corrected chi connectivity index (χ2v) is 5.07. The Labute approximate surface area is 119 Å². The smallest absolute Gasteiger partial charge is 0.119 e.